The lowest BCUT2D eigenvalue weighted by Crippen LogP contribution is -2.55. The van der Waals surface area contributed by atoms with Crippen LogP contribution in [-0.2, 0) is 6.54 Å². The Hall–Kier alpha value is -0.710. The third-order valence-corrected chi connectivity index (χ3v) is 5.39. The number of methoxy groups -OCH3 is 1. The lowest BCUT2D eigenvalue weighted by Gasteiger charge is -2.43. The van der Waals surface area contributed by atoms with Crippen molar-refractivity contribution < 1.29 is 4.74 Å². The number of likely N-dealkylation sites (N-methyl/N-ethyl adjacent to an activating group) is 1. The fourth-order valence-electron chi connectivity index (χ4n) is 2.63. The van der Waals surface area contributed by atoms with Crippen LogP contribution in [-0.4, -0.2) is 42.6 Å². The molecule has 1 aromatic rings. The van der Waals surface area contributed by atoms with Crippen LogP contribution in [0.15, 0.2) is 24.3 Å². The van der Waals surface area contributed by atoms with Crippen molar-refractivity contribution in [2.45, 2.75) is 24.9 Å². The highest BCUT2D eigenvalue weighted by molar-refractivity contribution is 7.99. The van der Waals surface area contributed by atoms with Crippen molar-refractivity contribution in [1.82, 2.24) is 4.90 Å². The second-order valence-corrected chi connectivity index (χ2v) is 6.39. The summed E-state index contributed by atoms with van der Waals surface area (Å²) >= 11 is 2.03. The number of benzene rings is 1. The number of hydrogen-bond donors (Lipinski definition) is 1. The number of nitrogens with two attached hydrogens (primary N) is 1. The van der Waals surface area contributed by atoms with E-state index in [0.717, 1.165) is 24.6 Å². The van der Waals surface area contributed by atoms with Gasteiger partial charge in [0.1, 0.15) is 5.75 Å². The van der Waals surface area contributed by atoms with Gasteiger partial charge < -0.3 is 10.5 Å². The predicted octanol–water partition coefficient (Wildman–Crippen LogP) is 2.35. The maximum atomic E-state index is 6.06. The molecule has 0 aliphatic carbocycles. The third kappa shape index (κ3) is 3.44. The first kappa shape index (κ1) is 14.7. The van der Waals surface area contributed by atoms with E-state index in [0.29, 0.717) is 0 Å². The van der Waals surface area contributed by atoms with Crippen molar-refractivity contribution in [3.8, 4) is 5.75 Å². The van der Waals surface area contributed by atoms with E-state index in [4.69, 9.17) is 10.5 Å². The van der Waals surface area contributed by atoms with Crippen LogP contribution in [0.1, 0.15) is 18.4 Å². The standard InChI is InChI=1S/C15H24N2OS/c1-17(15(11-16)8-3-9-19-12-15)10-13-4-6-14(18-2)7-5-13/h4-7H,3,8-12,16H2,1-2H3. The quantitative estimate of drug-likeness (QED) is 0.898. The Kier molecular flexibility index (Phi) is 5.13. The number of rotatable bonds is 5. The topological polar surface area (TPSA) is 38.5 Å². The van der Waals surface area contributed by atoms with E-state index in [1.54, 1.807) is 7.11 Å². The Labute approximate surface area is 120 Å². The fraction of sp³-hybridized carbons (Fsp3) is 0.600. The van der Waals surface area contributed by atoms with Gasteiger partial charge in [0.05, 0.1) is 7.11 Å². The molecule has 1 unspecified atom stereocenters. The summed E-state index contributed by atoms with van der Waals surface area (Å²) in [6.07, 6.45) is 2.48. The van der Waals surface area contributed by atoms with Gasteiger partial charge in [0.25, 0.3) is 0 Å². The van der Waals surface area contributed by atoms with E-state index >= 15 is 0 Å². The molecule has 2 rings (SSSR count). The molecule has 1 fully saturated rings. The number of hydrogen-bond acceptors (Lipinski definition) is 4. The number of nitrogens with zero attached hydrogens (tertiary/aromatic N) is 1. The number of ether oxygens (including phenoxy) is 1. The van der Waals surface area contributed by atoms with Gasteiger partial charge in [-0.2, -0.15) is 11.8 Å². The smallest absolute Gasteiger partial charge is 0.118 e. The molecule has 1 heterocycles. The molecule has 19 heavy (non-hydrogen) atoms. The van der Waals surface area contributed by atoms with Crippen LogP contribution < -0.4 is 10.5 Å². The van der Waals surface area contributed by atoms with E-state index in [1.165, 1.54) is 24.2 Å². The largest absolute Gasteiger partial charge is 0.497 e. The first-order valence-electron chi connectivity index (χ1n) is 6.82. The maximum Gasteiger partial charge on any atom is 0.118 e. The SMILES string of the molecule is COc1ccc(CN(C)C2(CN)CCCSC2)cc1. The van der Waals surface area contributed by atoms with Gasteiger partial charge in [0.15, 0.2) is 0 Å². The lowest BCUT2D eigenvalue weighted by molar-refractivity contribution is 0.127. The summed E-state index contributed by atoms with van der Waals surface area (Å²) < 4.78 is 5.19. The van der Waals surface area contributed by atoms with Gasteiger partial charge in [-0.1, -0.05) is 12.1 Å². The first-order chi connectivity index (χ1) is 9.20. The molecule has 0 spiro atoms. The van der Waals surface area contributed by atoms with Gasteiger partial charge in [-0.3, -0.25) is 4.90 Å². The maximum absolute atomic E-state index is 6.06. The molecule has 1 aliphatic rings. The van der Waals surface area contributed by atoms with Crippen LogP contribution in [0.2, 0.25) is 0 Å². The summed E-state index contributed by atoms with van der Waals surface area (Å²) in [5.74, 6) is 3.34. The summed E-state index contributed by atoms with van der Waals surface area (Å²) in [6, 6.07) is 8.31. The zero-order valence-electron chi connectivity index (χ0n) is 11.9. The molecule has 0 saturated carbocycles. The van der Waals surface area contributed by atoms with E-state index in [1.807, 2.05) is 23.9 Å². The zero-order chi connectivity index (χ0) is 13.7. The Bertz CT molecular complexity index is 388. The van der Waals surface area contributed by atoms with Crippen LogP contribution in [0.3, 0.4) is 0 Å². The monoisotopic (exact) mass is 280 g/mol. The minimum absolute atomic E-state index is 0.169. The second-order valence-electron chi connectivity index (χ2n) is 5.29. The molecule has 4 heteroatoms. The fourth-order valence-corrected chi connectivity index (χ4v) is 3.98. The normalized spacial score (nSPS) is 23.6. The van der Waals surface area contributed by atoms with Gasteiger partial charge in [-0.15, -0.1) is 0 Å². The Balaban J connectivity index is 2.03. The van der Waals surface area contributed by atoms with Crippen LogP contribution in [0.5, 0.6) is 5.75 Å². The van der Waals surface area contributed by atoms with Gasteiger partial charge >= 0.3 is 0 Å². The molecule has 1 aliphatic heterocycles. The second kappa shape index (κ2) is 6.64. The summed E-state index contributed by atoms with van der Waals surface area (Å²) in [4.78, 5) is 2.43. The van der Waals surface area contributed by atoms with E-state index < -0.39 is 0 Å². The Morgan fingerprint density at radius 3 is 2.63 bits per heavy atom. The van der Waals surface area contributed by atoms with Crippen molar-refractivity contribution in [3.63, 3.8) is 0 Å². The summed E-state index contributed by atoms with van der Waals surface area (Å²) in [5.41, 5.74) is 7.54. The van der Waals surface area contributed by atoms with E-state index in [9.17, 15) is 0 Å². The van der Waals surface area contributed by atoms with Crippen molar-refractivity contribution in [2.75, 3.05) is 32.2 Å². The summed E-state index contributed by atoms with van der Waals surface area (Å²) in [7, 11) is 3.90. The van der Waals surface area contributed by atoms with Gasteiger partial charge in [0, 0.05) is 24.4 Å². The van der Waals surface area contributed by atoms with Gasteiger partial charge in [0.2, 0.25) is 0 Å². The van der Waals surface area contributed by atoms with Crippen LogP contribution in [0.4, 0.5) is 0 Å². The highest BCUT2D eigenvalue weighted by Gasteiger charge is 2.34. The van der Waals surface area contributed by atoms with Crippen LogP contribution in [0.25, 0.3) is 0 Å². The van der Waals surface area contributed by atoms with Gasteiger partial charge in [-0.05, 0) is 43.3 Å². The molecule has 2 N–H and O–H groups in total. The minimum Gasteiger partial charge on any atom is -0.497 e. The molecule has 1 atom stereocenters. The molecular formula is C15H24N2OS. The predicted molar refractivity (Wildman–Crippen MR) is 82.8 cm³/mol. The average Bonchev–Trinajstić information content (AvgIpc) is 2.48. The molecule has 0 bridgehead atoms. The highest BCUT2D eigenvalue weighted by atomic mass is 32.2. The first-order valence-corrected chi connectivity index (χ1v) is 7.98. The lowest BCUT2D eigenvalue weighted by atomic mass is 9.93. The van der Waals surface area contributed by atoms with Crippen molar-refractivity contribution >= 4 is 11.8 Å². The summed E-state index contributed by atoms with van der Waals surface area (Å²) in [6.45, 7) is 1.69. The average molecular weight is 280 g/mol. The zero-order valence-corrected chi connectivity index (χ0v) is 12.7. The van der Waals surface area contributed by atoms with Gasteiger partial charge in [-0.25, -0.2) is 0 Å². The molecule has 106 valence electrons. The van der Waals surface area contributed by atoms with Crippen molar-refractivity contribution in [3.05, 3.63) is 29.8 Å². The third-order valence-electron chi connectivity index (χ3n) is 4.07. The molecule has 1 aromatic carbocycles. The summed E-state index contributed by atoms with van der Waals surface area (Å²) in [5, 5.41) is 0. The molecule has 3 nitrogen and oxygen atoms in total. The molecule has 1 saturated heterocycles. The minimum atomic E-state index is 0.169. The van der Waals surface area contributed by atoms with E-state index in [2.05, 4.69) is 24.1 Å². The number of thioether (sulfide) groups is 1. The van der Waals surface area contributed by atoms with E-state index in [-0.39, 0.29) is 5.54 Å². The Morgan fingerprint density at radius 1 is 1.37 bits per heavy atom. The van der Waals surface area contributed by atoms with Crippen LogP contribution in [0, 0.1) is 0 Å². The molecule has 0 amide bonds. The molecular weight excluding hydrogens is 256 g/mol. The molecule has 0 radical (unpaired) electrons. The van der Waals surface area contributed by atoms with Crippen LogP contribution >= 0.6 is 11.8 Å². The van der Waals surface area contributed by atoms with Crippen molar-refractivity contribution in [2.24, 2.45) is 5.73 Å². The Morgan fingerprint density at radius 2 is 2.11 bits per heavy atom. The molecule has 0 aromatic heterocycles. The highest BCUT2D eigenvalue weighted by Crippen LogP contribution is 2.31. The van der Waals surface area contributed by atoms with Crippen molar-refractivity contribution in [1.29, 1.82) is 0 Å².